The zero-order valence-electron chi connectivity index (χ0n) is 18.3. The standard InChI is InChI=1S/C22H28N6O2.ClH/c1-5-30-19-11-18-16(13-27(4)26-18)10-17(19)22(29)23-20-6-7-21(25-24-20)28-9-8-14(2)15(3)12-28;/h6-7,10-11,13-15H,5,8-9,12H2,1-4H3,(H,23,24,29);1H/t14?,15-;/m1./s1. The van der Waals surface area contributed by atoms with Gasteiger partial charge in [0, 0.05) is 37.8 Å². The maximum absolute atomic E-state index is 12.9. The number of hydrogen-bond donors (Lipinski definition) is 1. The molecule has 2 aromatic heterocycles. The predicted molar refractivity (Wildman–Crippen MR) is 124 cm³/mol. The van der Waals surface area contributed by atoms with Crippen molar-refractivity contribution < 1.29 is 9.53 Å². The van der Waals surface area contributed by atoms with Gasteiger partial charge in [-0.1, -0.05) is 13.8 Å². The van der Waals surface area contributed by atoms with Gasteiger partial charge in [-0.2, -0.15) is 5.10 Å². The fraction of sp³-hybridized carbons (Fsp3) is 0.455. The van der Waals surface area contributed by atoms with Crippen molar-refractivity contribution in [3.05, 3.63) is 36.0 Å². The summed E-state index contributed by atoms with van der Waals surface area (Å²) in [5.41, 5.74) is 1.23. The molecule has 0 radical (unpaired) electrons. The Morgan fingerprint density at radius 3 is 2.71 bits per heavy atom. The van der Waals surface area contributed by atoms with E-state index in [-0.39, 0.29) is 18.3 Å². The van der Waals surface area contributed by atoms with Crippen molar-refractivity contribution >= 4 is 40.9 Å². The summed E-state index contributed by atoms with van der Waals surface area (Å²) in [5.74, 6) is 2.83. The summed E-state index contributed by atoms with van der Waals surface area (Å²) in [5, 5.41) is 16.7. The predicted octanol–water partition coefficient (Wildman–Crippen LogP) is 3.92. The molecule has 0 spiro atoms. The van der Waals surface area contributed by atoms with Crippen LogP contribution >= 0.6 is 12.4 Å². The maximum atomic E-state index is 12.9. The second kappa shape index (κ2) is 9.51. The van der Waals surface area contributed by atoms with Crippen molar-refractivity contribution in [2.24, 2.45) is 18.9 Å². The molecule has 31 heavy (non-hydrogen) atoms. The Hall–Kier alpha value is -2.87. The number of rotatable bonds is 5. The zero-order chi connectivity index (χ0) is 21.3. The smallest absolute Gasteiger partial charge is 0.260 e. The van der Waals surface area contributed by atoms with Crippen molar-refractivity contribution in [2.75, 3.05) is 29.9 Å². The highest BCUT2D eigenvalue weighted by Gasteiger charge is 2.24. The average molecular weight is 445 g/mol. The molecule has 0 saturated carbocycles. The number of benzene rings is 1. The average Bonchev–Trinajstić information content (AvgIpc) is 3.09. The van der Waals surface area contributed by atoms with Gasteiger partial charge in [0.2, 0.25) is 0 Å². The number of fused-ring (bicyclic) bond motifs is 1. The fourth-order valence-electron chi connectivity index (χ4n) is 3.84. The Kier molecular flexibility index (Phi) is 7.00. The number of nitrogens with zero attached hydrogens (tertiary/aromatic N) is 5. The van der Waals surface area contributed by atoms with Crippen LogP contribution in [0.3, 0.4) is 0 Å². The minimum atomic E-state index is -0.285. The van der Waals surface area contributed by atoms with E-state index >= 15 is 0 Å². The Bertz CT molecular complexity index is 1050. The Labute approximate surface area is 188 Å². The third-order valence-electron chi connectivity index (χ3n) is 5.81. The first kappa shape index (κ1) is 22.8. The van der Waals surface area contributed by atoms with Gasteiger partial charge in [0.15, 0.2) is 11.6 Å². The minimum Gasteiger partial charge on any atom is -0.493 e. The van der Waals surface area contributed by atoms with Crippen LogP contribution in [0.2, 0.25) is 0 Å². The molecule has 1 saturated heterocycles. The van der Waals surface area contributed by atoms with Crippen molar-refractivity contribution in [1.29, 1.82) is 0 Å². The lowest BCUT2D eigenvalue weighted by atomic mass is 9.89. The number of halogens is 1. The summed E-state index contributed by atoms with van der Waals surface area (Å²) in [4.78, 5) is 15.2. The summed E-state index contributed by atoms with van der Waals surface area (Å²) >= 11 is 0. The van der Waals surface area contributed by atoms with E-state index in [1.54, 1.807) is 22.9 Å². The van der Waals surface area contributed by atoms with Gasteiger partial charge < -0.3 is 15.0 Å². The Morgan fingerprint density at radius 2 is 2.03 bits per heavy atom. The number of ether oxygens (including phenoxy) is 1. The Morgan fingerprint density at radius 1 is 1.23 bits per heavy atom. The number of hydrogen-bond acceptors (Lipinski definition) is 6. The lowest BCUT2D eigenvalue weighted by molar-refractivity contribution is 0.102. The second-order valence-corrected chi connectivity index (χ2v) is 8.06. The number of aromatic nitrogens is 4. The number of amides is 1. The van der Waals surface area contributed by atoms with Crippen LogP contribution < -0.4 is 15.0 Å². The molecule has 1 N–H and O–H groups in total. The second-order valence-electron chi connectivity index (χ2n) is 8.06. The molecule has 0 bridgehead atoms. The SMILES string of the molecule is CCOc1cc2nn(C)cc2cc1C(=O)Nc1ccc(N2CCC(C)[C@H](C)C2)nn1.Cl. The summed E-state index contributed by atoms with van der Waals surface area (Å²) in [7, 11) is 1.85. The lowest BCUT2D eigenvalue weighted by Crippen LogP contribution is -2.39. The van der Waals surface area contributed by atoms with Crippen molar-refractivity contribution in [1.82, 2.24) is 20.0 Å². The van der Waals surface area contributed by atoms with Crippen LogP contribution in [0.1, 0.15) is 37.6 Å². The largest absolute Gasteiger partial charge is 0.493 e. The topological polar surface area (TPSA) is 85.2 Å². The van der Waals surface area contributed by atoms with Crippen LogP contribution in [0, 0.1) is 11.8 Å². The molecule has 3 heterocycles. The molecule has 3 aromatic rings. The molecule has 1 aliphatic rings. The van der Waals surface area contributed by atoms with Crippen LogP contribution in [0.25, 0.3) is 10.9 Å². The third kappa shape index (κ3) is 4.90. The van der Waals surface area contributed by atoms with Crippen LogP contribution in [0.4, 0.5) is 11.6 Å². The normalized spacial score (nSPS) is 18.5. The summed E-state index contributed by atoms with van der Waals surface area (Å²) in [6.45, 7) is 8.87. The molecule has 166 valence electrons. The number of carbonyl (C=O) groups is 1. The van der Waals surface area contributed by atoms with E-state index in [9.17, 15) is 4.79 Å². The van der Waals surface area contributed by atoms with Crippen LogP contribution in [0.15, 0.2) is 30.5 Å². The quantitative estimate of drug-likeness (QED) is 0.642. The first-order valence-electron chi connectivity index (χ1n) is 10.4. The van der Waals surface area contributed by atoms with E-state index < -0.39 is 0 Å². The molecule has 8 nitrogen and oxygen atoms in total. The molecule has 0 aliphatic carbocycles. The first-order valence-corrected chi connectivity index (χ1v) is 10.4. The number of piperidine rings is 1. The van der Waals surface area contributed by atoms with Crippen LogP contribution in [-0.4, -0.2) is 45.6 Å². The number of anilines is 2. The number of aryl methyl sites for hydroxylation is 1. The maximum Gasteiger partial charge on any atom is 0.260 e. The molecule has 4 rings (SSSR count). The fourth-order valence-corrected chi connectivity index (χ4v) is 3.84. The summed E-state index contributed by atoms with van der Waals surface area (Å²) < 4.78 is 7.39. The van der Waals surface area contributed by atoms with Gasteiger partial charge in [-0.05, 0) is 43.4 Å². The molecule has 2 atom stereocenters. The van der Waals surface area contributed by atoms with Gasteiger partial charge in [0.05, 0.1) is 17.7 Å². The molecule has 1 amide bonds. The highest BCUT2D eigenvalue weighted by Crippen LogP contribution is 2.27. The third-order valence-corrected chi connectivity index (χ3v) is 5.81. The van der Waals surface area contributed by atoms with Gasteiger partial charge in [0.25, 0.3) is 5.91 Å². The van der Waals surface area contributed by atoms with Gasteiger partial charge in [-0.25, -0.2) is 0 Å². The highest BCUT2D eigenvalue weighted by atomic mass is 35.5. The van der Waals surface area contributed by atoms with Gasteiger partial charge in [-0.3, -0.25) is 9.48 Å². The van der Waals surface area contributed by atoms with Gasteiger partial charge in [-0.15, -0.1) is 22.6 Å². The Balaban J connectivity index is 0.00000272. The van der Waals surface area contributed by atoms with Crippen molar-refractivity contribution in [3.63, 3.8) is 0 Å². The number of carbonyl (C=O) groups excluding carboxylic acids is 1. The molecule has 1 fully saturated rings. The van der Waals surface area contributed by atoms with Crippen LogP contribution in [0.5, 0.6) is 5.75 Å². The molecule has 9 heteroatoms. The monoisotopic (exact) mass is 444 g/mol. The van der Waals surface area contributed by atoms with Crippen molar-refractivity contribution in [2.45, 2.75) is 27.2 Å². The van der Waals surface area contributed by atoms with Crippen molar-refractivity contribution in [3.8, 4) is 5.75 Å². The molecule has 1 unspecified atom stereocenters. The summed E-state index contributed by atoms with van der Waals surface area (Å²) in [6, 6.07) is 7.30. The van der Waals surface area contributed by atoms with Gasteiger partial charge >= 0.3 is 0 Å². The molecule has 1 aromatic carbocycles. The zero-order valence-corrected chi connectivity index (χ0v) is 19.1. The lowest BCUT2D eigenvalue weighted by Gasteiger charge is -2.35. The highest BCUT2D eigenvalue weighted by molar-refractivity contribution is 6.08. The number of nitrogens with one attached hydrogen (secondary N) is 1. The van der Waals surface area contributed by atoms with E-state index in [0.717, 1.165) is 42.1 Å². The molecule has 1 aliphatic heterocycles. The van der Waals surface area contributed by atoms with E-state index in [1.807, 2.05) is 26.2 Å². The minimum absolute atomic E-state index is 0. The van der Waals surface area contributed by atoms with Gasteiger partial charge in [0.1, 0.15) is 5.75 Å². The van der Waals surface area contributed by atoms with E-state index in [2.05, 4.69) is 39.4 Å². The van der Waals surface area contributed by atoms with E-state index in [0.29, 0.717) is 29.7 Å². The van der Waals surface area contributed by atoms with Crippen LogP contribution in [-0.2, 0) is 7.05 Å². The summed E-state index contributed by atoms with van der Waals surface area (Å²) in [6.07, 6.45) is 3.02. The van der Waals surface area contributed by atoms with E-state index in [1.165, 1.54) is 0 Å². The first-order chi connectivity index (χ1) is 14.4. The van der Waals surface area contributed by atoms with E-state index in [4.69, 9.17) is 4.74 Å². The molecular weight excluding hydrogens is 416 g/mol. The molecular formula is C22H29ClN6O2.